The van der Waals surface area contributed by atoms with Gasteiger partial charge in [-0.3, -0.25) is 14.4 Å². The lowest BCUT2D eigenvalue weighted by atomic mass is 10.1. The minimum Gasteiger partial charge on any atom is -0.459 e. The van der Waals surface area contributed by atoms with Crippen molar-refractivity contribution in [1.29, 1.82) is 0 Å². The van der Waals surface area contributed by atoms with Crippen LogP contribution in [0.1, 0.15) is 36.2 Å². The van der Waals surface area contributed by atoms with Crippen LogP contribution in [0.3, 0.4) is 0 Å². The van der Waals surface area contributed by atoms with Gasteiger partial charge in [0.05, 0.1) is 17.6 Å². The first-order valence-electron chi connectivity index (χ1n) is 10.5. The lowest BCUT2D eigenvalue weighted by Gasteiger charge is -2.17. The predicted octanol–water partition coefficient (Wildman–Crippen LogP) is 3.75. The fourth-order valence-electron chi connectivity index (χ4n) is 3.36. The third-order valence-electron chi connectivity index (χ3n) is 5.10. The zero-order valence-corrected chi connectivity index (χ0v) is 19.3. The van der Waals surface area contributed by atoms with Gasteiger partial charge < -0.3 is 19.7 Å². The van der Waals surface area contributed by atoms with E-state index in [0.29, 0.717) is 27.5 Å². The molecule has 2 amide bonds. The molecule has 0 saturated carbocycles. The van der Waals surface area contributed by atoms with Crippen LogP contribution in [-0.2, 0) is 23.9 Å². The Morgan fingerprint density at radius 3 is 2.52 bits per heavy atom. The highest BCUT2D eigenvalue weighted by molar-refractivity contribution is 6.31. The summed E-state index contributed by atoms with van der Waals surface area (Å²) in [6.07, 6.45) is -0.258. The summed E-state index contributed by atoms with van der Waals surface area (Å²) in [4.78, 5) is 50.4. The SMILES string of the molecule is Cc1c(Cl)cccc1NC(=O)COC(=O)[C@H]1CC(=O)N(c2ccc(C(=O)OC(C)C)cc2)C1. The summed E-state index contributed by atoms with van der Waals surface area (Å²) >= 11 is 6.04. The molecule has 2 aromatic carbocycles. The minimum atomic E-state index is -0.691. The minimum absolute atomic E-state index is 0.0228. The Kier molecular flexibility index (Phi) is 7.71. The van der Waals surface area contributed by atoms with Crippen molar-refractivity contribution in [3.8, 4) is 0 Å². The molecule has 1 saturated heterocycles. The van der Waals surface area contributed by atoms with E-state index in [1.54, 1.807) is 63.2 Å². The second kappa shape index (κ2) is 10.5. The predicted molar refractivity (Wildman–Crippen MR) is 123 cm³/mol. The van der Waals surface area contributed by atoms with Crippen LogP contribution >= 0.6 is 11.6 Å². The standard InChI is InChI=1S/C24H25ClN2O6/c1-14(2)33-24(31)16-7-9-18(10-8-16)27-12-17(11-22(27)29)23(30)32-13-21(28)26-20-6-4-5-19(25)15(20)3/h4-10,14,17H,11-13H2,1-3H3,(H,26,28)/t17-/m0/s1. The number of anilines is 2. The monoisotopic (exact) mass is 472 g/mol. The van der Waals surface area contributed by atoms with E-state index in [1.165, 1.54) is 4.90 Å². The fourth-order valence-corrected chi connectivity index (χ4v) is 3.53. The quantitative estimate of drug-likeness (QED) is 0.616. The van der Waals surface area contributed by atoms with E-state index in [1.807, 2.05) is 0 Å². The Bertz CT molecular complexity index is 1070. The van der Waals surface area contributed by atoms with Crippen LogP contribution in [-0.4, -0.2) is 43.0 Å². The van der Waals surface area contributed by atoms with Crippen LogP contribution in [0.5, 0.6) is 0 Å². The van der Waals surface area contributed by atoms with Crippen molar-refractivity contribution in [1.82, 2.24) is 0 Å². The maximum absolute atomic E-state index is 12.4. The highest BCUT2D eigenvalue weighted by Gasteiger charge is 2.36. The largest absolute Gasteiger partial charge is 0.459 e. The van der Waals surface area contributed by atoms with Crippen LogP contribution in [0.2, 0.25) is 5.02 Å². The van der Waals surface area contributed by atoms with Crippen LogP contribution in [0.15, 0.2) is 42.5 Å². The summed E-state index contributed by atoms with van der Waals surface area (Å²) in [6.45, 7) is 4.94. The Balaban J connectivity index is 1.54. The van der Waals surface area contributed by atoms with Crippen LogP contribution in [0.4, 0.5) is 11.4 Å². The van der Waals surface area contributed by atoms with E-state index in [-0.39, 0.29) is 25.0 Å². The lowest BCUT2D eigenvalue weighted by Crippen LogP contribution is -2.28. The average molecular weight is 473 g/mol. The van der Waals surface area contributed by atoms with Gasteiger partial charge >= 0.3 is 11.9 Å². The molecule has 8 nitrogen and oxygen atoms in total. The molecule has 0 aliphatic carbocycles. The number of amides is 2. The molecule has 174 valence electrons. The molecule has 3 rings (SSSR count). The molecule has 1 aliphatic heterocycles. The molecule has 1 heterocycles. The molecule has 1 atom stereocenters. The van der Waals surface area contributed by atoms with Crippen molar-refractivity contribution < 1.29 is 28.7 Å². The normalized spacial score (nSPS) is 15.5. The van der Waals surface area contributed by atoms with Gasteiger partial charge in [-0.05, 0) is 62.7 Å². The third kappa shape index (κ3) is 6.10. The van der Waals surface area contributed by atoms with Gasteiger partial charge in [0.2, 0.25) is 5.91 Å². The second-order valence-corrected chi connectivity index (χ2v) is 8.38. The smallest absolute Gasteiger partial charge is 0.338 e. The Morgan fingerprint density at radius 2 is 1.85 bits per heavy atom. The van der Waals surface area contributed by atoms with E-state index < -0.39 is 30.4 Å². The maximum atomic E-state index is 12.4. The molecular formula is C24H25ClN2O6. The van der Waals surface area contributed by atoms with Crippen LogP contribution in [0.25, 0.3) is 0 Å². The molecule has 1 aliphatic rings. The first-order chi connectivity index (χ1) is 15.7. The topological polar surface area (TPSA) is 102 Å². The van der Waals surface area contributed by atoms with Crippen molar-refractivity contribution in [2.75, 3.05) is 23.4 Å². The summed E-state index contributed by atoms with van der Waals surface area (Å²) in [5.74, 6) is -2.51. The lowest BCUT2D eigenvalue weighted by molar-refractivity contribution is -0.151. The number of carbonyl (C=O) groups is 4. The van der Waals surface area contributed by atoms with Crippen molar-refractivity contribution in [3.05, 3.63) is 58.6 Å². The number of benzene rings is 2. The van der Waals surface area contributed by atoms with E-state index in [2.05, 4.69) is 5.32 Å². The molecule has 1 N–H and O–H groups in total. The molecule has 0 spiro atoms. The Hall–Kier alpha value is -3.39. The number of hydrogen-bond acceptors (Lipinski definition) is 6. The maximum Gasteiger partial charge on any atom is 0.338 e. The zero-order valence-electron chi connectivity index (χ0n) is 18.6. The van der Waals surface area contributed by atoms with Gasteiger partial charge in [-0.1, -0.05) is 17.7 Å². The number of rotatable bonds is 7. The van der Waals surface area contributed by atoms with E-state index in [4.69, 9.17) is 21.1 Å². The second-order valence-electron chi connectivity index (χ2n) is 7.97. The summed E-state index contributed by atoms with van der Waals surface area (Å²) in [7, 11) is 0. The first-order valence-corrected chi connectivity index (χ1v) is 10.9. The zero-order chi connectivity index (χ0) is 24.1. The molecule has 0 aromatic heterocycles. The Morgan fingerprint density at radius 1 is 1.15 bits per heavy atom. The van der Waals surface area contributed by atoms with E-state index in [0.717, 1.165) is 0 Å². The molecule has 0 radical (unpaired) electrons. The summed E-state index contributed by atoms with van der Waals surface area (Å²) in [5.41, 5.74) is 2.17. The van der Waals surface area contributed by atoms with Gasteiger partial charge in [-0.25, -0.2) is 4.79 Å². The third-order valence-corrected chi connectivity index (χ3v) is 5.51. The van der Waals surface area contributed by atoms with Crippen LogP contribution in [0, 0.1) is 12.8 Å². The fraction of sp³-hybridized carbons (Fsp3) is 0.333. The van der Waals surface area contributed by atoms with Gasteiger partial charge in [-0.2, -0.15) is 0 Å². The molecule has 2 aromatic rings. The number of hydrogen-bond donors (Lipinski definition) is 1. The summed E-state index contributed by atoms with van der Waals surface area (Å²) < 4.78 is 10.3. The number of halogens is 1. The number of ether oxygens (including phenoxy) is 2. The number of carbonyl (C=O) groups excluding carboxylic acids is 4. The van der Waals surface area contributed by atoms with Crippen molar-refractivity contribution in [3.63, 3.8) is 0 Å². The van der Waals surface area contributed by atoms with Crippen molar-refractivity contribution >= 4 is 46.7 Å². The van der Waals surface area contributed by atoms with Gasteiger partial charge in [0.15, 0.2) is 6.61 Å². The van der Waals surface area contributed by atoms with Crippen LogP contribution < -0.4 is 10.2 Å². The highest BCUT2D eigenvalue weighted by atomic mass is 35.5. The van der Waals surface area contributed by atoms with Crippen molar-refractivity contribution in [2.45, 2.75) is 33.3 Å². The first kappa shape index (κ1) is 24.3. The Labute approximate surface area is 196 Å². The summed E-state index contributed by atoms with van der Waals surface area (Å²) in [5, 5.41) is 3.16. The molecular weight excluding hydrogens is 448 g/mol. The number of nitrogens with zero attached hydrogens (tertiary/aromatic N) is 1. The van der Waals surface area contributed by atoms with Gasteiger partial charge in [0, 0.05) is 29.4 Å². The van der Waals surface area contributed by atoms with Crippen molar-refractivity contribution in [2.24, 2.45) is 5.92 Å². The molecule has 0 unspecified atom stereocenters. The molecule has 33 heavy (non-hydrogen) atoms. The van der Waals surface area contributed by atoms with Gasteiger partial charge in [0.1, 0.15) is 0 Å². The average Bonchev–Trinajstić information content (AvgIpc) is 3.16. The molecule has 0 bridgehead atoms. The number of nitrogens with one attached hydrogen (secondary N) is 1. The van der Waals surface area contributed by atoms with E-state index >= 15 is 0 Å². The highest BCUT2D eigenvalue weighted by Crippen LogP contribution is 2.27. The van der Waals surface area contributed by atoms with E-state index in [9.17, 15) is 19.2 Å². The molecule has 9 heteroatoms. The molecule has 1 fully saturated rings. The number of esters is 2. The summed E-state index contributed by atoms with van der Waals surface area (Å²) in [6, 6.07) is 11.5. The van der Waals surface area contributed by atoms with Gasteiger partial charge in [0.25, 0.3) is 5.91 Å². The van der Waals surface area contributed by atoms with Gasteiger partial charge in [-0.15, -0.1) is 0 Å².